The van der Waals surface area contributed by atoms with Crippen molar-refractivity contribution >= 4 is 0 Å². The first-order valence-electron chi connectivity index (χ1n) is 6.32. The average Bonchev–Trinajstić information content (AvgIpc) is 2.65. The Labute approximate surface area is 120 Å². The number of hydrogen-bond donors (Lipinski definition) is 0. The second-order valence-electron chi connectivity index (χ2n) is 4.59. The van der Waals surface area contributed by atoms with Crippen molar-refractivity contribution in [2.45, 2.75) is 40.3 Å². The van der Waals surface area contributed by atoms with Gasteiger partial charge >= 0.3 is 0 Å². The lowest BCUT2D eigenvalue weighted by Crippen LogP contribution is -3.00. The molecule has 1 heterocycles. The van der Waals surface area contributed by atoms with Crippen LogP contribution in [0.3, 0.4) is 0 Å². The average molecular weight is 309 g/mol. The van der Waals surface area contributed by atoms with Gasteiger partial charge in [-0.25, -0.2) is 9.13 Å². The summed E-state index contributed by atoms with van der Waals surface area (Å²) in [7, 11) is 0. The first-order chi connectivity index (χ1) is 8.22. The van der Waals surface area contributed by atoms with Crippen LogP contribution in [0, 0.1) is 13.8 Å². The number of halogens is 1. The second kappa shape index (κ2) is 6.74. The summed E-state index contributed by atoms with van der Waals surface area (Å²) in [6, 6.07) is 8.59. The van der Waals surface area contributed by atoms with E-state index in [4.69, 9.17) is 0 Å². The van der Waals surface area contributed by atoms with Gasteiger partial charge in [-0.15, -0.1) is 0 Å². The molecule has 2 rings (SSSR count). The third-order valence-corrected chi connectivity index (χ3v) is 3.32. The van der Waals surface area contributed by atoms with E-state index in [0.717, 1.165) is 13.1 Å². The van der Waals surface area contributed by atoms with E-state index >= 15 is 0 Å². The number of imidazole rings is 1. The van der Waals surface area contributed by atoms with Gasteiger partial charge in [-0.05, 0) is 24.5 Å². The number of benzene rings is 1. The van der Waals surface area contributed by atoms with E-state index in [1.165, 1.54) is 23.4 Å². The molecule has 0 radical (unpaired) electrons. The summed E-state index contributed by atoms with van der Waals surface area (Å²) in [5, 5.41) is 0. The molecule has 0 spiro atoms. The minimum atomic E-state index is 0. The zero-order valence-electron chi connectivity index (χ0n) is 11.4. The minimum Gasteiger partial charge on any atom is -1.00 e. The molecule has 0 aliphatic heterocycles. The molecule has 0 N–H and O–H groups in total. The predicted octanol–water partition coefficient (Wildman–Crippen LogP) is -0.145. The molecule has 0 saturated carbocycles. The van der Waals surface area contributed by atoms with Gasteiger partial charge in [-0.2, -0.15) is 0 Å². The second-order valence-corrected chi connectivity index (χ2v) is 4.59. The summed E-state index contributed by atoms with van der Waals surface area (Å²) in [6.45, 7) is 8.65. The smallest absolute Gasteiger partial charge is 0.253 e. The van der Waals surface area contributed by atoms with Crippen LogP contribution in [0.2, 0.25) is 0 Å². The van der Waals surface area contributed by atoms with Crippen molar-refractivity contribution in [1.29, 1.82) is 0 Å². The molecule has 0 unspecified atom stereocenters. The van der Waals surface area contributed by atoms with E-state index in [1.807, 2.05) is 0 Å². The fourth-order valence-corrected chi connectivity index (χ4v) is 2.16. The molecule has 0 fully saturated rings. The molecule has 0 saturated heterocycles. The van der Waals surface area contributed by atoms with Crippen LogP contribution < -0.4 is 21.5 Å². The zero-order chi connectivity index (χ0) is 12.3. The van der Waals surface area contributed by atoms with Crippen molar-refractivity contribution in [2.75, 3.05) is 0 Å². The maximum Gasteiger partial charge on any atom is 0.253 e. The van der Waals surface area contributed by atoms with E-state index in [0.29, 0.717) is 0 Å². The van der Waals surface area contributed by atoms with E-state index in [1.54, 1.807) is 0 Å². The number of hydrogen-bond acceptors (Lipinski definition) is 0. The topological polar surface area (TPSA) is 8.81 Å². The van der Waals surface area contributed by atoms with Crippen LogP contribution in [-0.4, -0.2) is 4.57 Å². The van der Waals surface area contributed by atoms with Crippen LogP contribution in [0.25, 0.3) is 0 Å². The number of aryl methyl sites for hydroxylation is 2. The Morgan fingerprint density at radius 3 is 2.56 bits per heavy atom. The third-order valence-electron chi connectivity index (χ3n) is 3.32. The van der Waals surface area contributed by atoms with Crippen molar-refractivity contribution in [3.05, 3.63) is 53.6 Å². The monoisotopic (exact) mass is 308 g/mol. The van der Waals surface area contributed by atoms with Crippen molar-refractivity contribution < 1.29 is 21.5 Å². The van der Waals surface area contributed by atoms with Crippen LogP contribution >= 0.6 is 0 Å². The van der Waals surface area contributed by atoms with Gasteiger partial charge in [0.05, 0.1) is 6.54 Å². The van der Waals surface area contributed by atoms with Crippen LogP contribution in [0.1, 0.15) is 30.3 Å². The van der Waals surface area contributed by atoms with Crippen molar-refractivity contribution in [3.8, 4) is 0 Å². The van der Waals surface area contributed by atoms with Crippen molar-refractivity contribution in [3.63, 3.8) is 0 Å². The van der Waals surface area contributed by atoms with E-state index in [-0.39, 0.29) is 17.0 Å². The summed E-state index contributed by atoms with van der Waals surface area (Å²) >= 11 is 0. The van der Waals surface area contributed by atoms with Crippen molar-refractivity contribution in [1.82, 2.24) is 4.57 Å². The Balaban J connectivity index is 0.00000162. The molecule has 0 bridgehead atoms. The Bertz CT molecular complexity index is 503. The molecule has 2 nitrogen and oxygen atoms in total. The summed E-state index contributed by atoms with van der Waals surface area (Å²) in [5.74, 6) is 1.33. The minimum absolute atomic E-state index is 0. The van der Waals surface area contributed by atoms with Gasteiger partial charge in [-0.1, -0.05) is 31.2 Å². The molecule has 18 heavy (non-hydrogen) atoms. The normalized spacial score (nSPS) is 10.2. The predicted molar refractivity (Wildman–Crippen MR) is 69.9 cm³/mol. The number of rotatable bonds is 4. The Hall–Kier alpha value is -1.09. The molecule has 0 amide bonds. The van der Waals surface area contributed by atoms with Gasteiger partial charge in [-0.3, -0.25) is 0 Å². The summed E-state index contributed by atoms with van der Waals surface area (Å²) in [4.78, 5) is 0. The maximum atomic E-state index is 2.32. The lowest BCUT2D eigenvalue weighted by molar-refractivity contribution is -0.694. The van der Waals surface area contributed by atoms with Crippen LogP contribution in [-0.2, 0) is 13.1 Å². The maximum absolute atomic E-state index is 2.32. The molecule has 1 aromatic carbocycles. The first-order valence-corrected chi connectivity index (χ1v) is 6.32. The highest BCUT2D eigenvalue weighted by molar-refractivity contribution is 5.24. The van der Waals surface area contributed by atoms with Crippen LogP contribution in [0.4, 0.5) is 0 Å². The summed E-state index contributed by atoms with van der Waals surface area (Å²) in [6.07, 6.45) is 5.54. The molecule has 98 valence electrons. The molecule has 0 atom stereocenters. The Morgan fingerprint density at radius 2 is 1.89 bits per heavy atom. The quantitative estimate of drug-likeness (QED) is 0.695. The highest BCUT2D eigenvalue weighted by Crippen LogP contribution is 2.07. The largest absolute Gasteiger partial charge is 1.00 e. The molecule has 1 aromatic heterocycles. The van der Waals surface area contributed by atoms with E-state index in [2.05, 4.69) is 66.6 Å². The van der Waals surface area contributed by atoms with Gasteiger partial charge in [0, 0.05) is 6.92 Å². The van der Waals surface area contributed by atoms with Gasteiger partial charge < -0.3 is 17.0 Å². The number of aromatic nitrogens is 2. The molecule has 0 aliphatic rings. The first kappa shape index (κ1) is 15.0. The van der Waals surface area contributed by atoms with Crippen LogP contribution in [0.5, 0.6) is 0 Å². The highest BCUT2D eigenvalue weighted by Gasteiger charge is 2.12. The van der Waals surface area contributed by atoms with Gasteiger partial charge in [0.15, 0.2) is 0 Å². The Morgan fingerprint density at radius 1 is 1.17 bits per heavy atom. The van der Waals surface area contributed by atoms with Crippen molar-refractivity contribution in [2.24, 2.45) is 0 Å². The SMILES string of the molecule is CCCn1cc[n+](Cc2ccccc2C)c1C.[Br-]. The fourth-order valence-electron chi connectivity index (χ4n) is 2.16. The van der Waals surface area contributed by atoms with Gasteiger partial charge in [0.25, 0.3) is 5.82 Å². The summed E-state index contributed by atoms with van der Waals surface area (Å²) < 4.78 is 4.64. The lowest BCUT2D eigenvalue weighted by atomic mass is 10.1. The molecule has 0 aliphatic carbocycles. The molecule has 2 aromatic rings. The zero-order valence-corrected chi connectivity index (χ0v) is 12.9. The highest BCUT2D eigenvalue weighted by atomic mass is 79.9. The summed E-state index contributed by atoms with van der Waals surface area (Å²) in [5.41, 5.74) is 2.76. The Kier molecular flexibility index (Phi) is 5.60. The molecule has 3 heteroatoms. The molecular formula is C15H21BrN2. The van der Waals surface area contributed by atoms with Gasteiger partial charge in [0.2, 0.25) is 0 Å². The van der Waals surface area contributed by atoms with E-state index in [9.17, 15) is 0 Å². The third kappa shape index (κ3) is 3.22. The standard InChI is InChI=1S/C15H21N2.BrH/c1-4-9-16-10-11-17(14(16)3)12-15-8-6-5-7-13(15)2;/h5-8,10-11H,4,9,12H2,1-3H3;1H/q+1;/p-1. The van der Waals surface area contributed by atoms with E-state index < -0.39 is 0 Å². The number of nitrogens with zero attached hydrogens (tertiary/aromatic N) is 2. The molecular weight excluding hydrogens is 288 g/mol. The van der Waals surface area contributed by atoms with Gasteiger partial charge in [0.1, 0.15) is 18.9 Å². The lowest BCUT2D eigenvalue weighted by Gasteiger charge is -2.04. The van der Waals surface area contributed by atoms with Crippen LogP contribution in [0.15, 0.2) is 36.7 Å². The fraction of sp³-hybridized carbons (Fsp3) is 0.400.